The Hall–Kier alpha value is -3.16. The van der Waals surface area contributed by atoms with Gasteiger partial charge >= 0.3 is 0 Å². The van der Waals surface area contributed by atoms with Gasteiger partial charge in [-0.05, 0) is 54.6 Å². The first-order chi connectivity index (χ1) is 13.8. The van der Waals surface area contributed by atoms with E-state index in [2.05, 4.69) is 10.3 Å². The van der Waals surface area contributed by atoms with E-state index >= 15 is 0 Å². The molecule has 4 aromatic rings. The smallest absolute Gasteiger partial charge is 0.267 e. The molecule has 1 N–H and O–H groups in total. The summed E-state index contributed by atoms with van der Waals surface area (Å²) in [7, 11) is -3.29. The number of anilines is 2. The molecule has 0 amide bonds. The fourth-order valence-electron chi connectivity index (χ4n) is 2.97. The molecule has 146 valence electrons. The second-order valence-corrected chi connectivity index (χ2v) is 8.95. The lowest BCUT2D eigenvalue weighted by molar-refractivity contribution is 0.602. The summed E-state index contributed by atoms with van der Waals surface area (Å²) in [6, 6.07) is 20.3. The number of sulfone groups is 1. The number of hydrogen-bond donors (Lipinski definition) is 1. The van der Waals surface area contributed by atoms with Crippen molar-refractivity contribution in [2.24, 2.45) is 0 Å². The van der Waals surface area contributed by atoms with Gasteiger partial charge in [-0.2, -0.15) is 0 Å². The van der Waals surface area contributed by atoms with Crippen LogP contribution in [0.2, 0.25) is 5.02 Å². The zero-order chi connectivity index (χ0) is 20.6. The maximum Gasteiger partial charge on any atom is 0.267 e. The Labute approximate surface area is 172 Å². The van der Waals surface area contributed by atoms with Gasteiger partial charge in [0.2, 0.25) is 5.95 Å². The fourth-order valence-corrected chi connectivity index (χ4v) is 3.78. The maximum atomic E-state index is 13.2. The molecule has 0 aliphatic rings. The van der Waals surface area contributed by atoms with E-state index in [4.69, 9.17) is 11.6 Å². The molecule has 0 saturated carbocycles. The van der Waals surface area contributed by atoms with Crippen LogP contribution >= 0.6 is 11.6 Å². The molecule has 0 aliphatic carbocycles. The van der Waals surface area contributed by atoms with Crippen LogP contribution in [0.15, 0.2) is 82.5 Å². The van der Waals surface area contributed by atoms with Crippen LogP contribution in [-0.2, 0) is 9.84 Å². The van der Waals surface area contributed by atoms with Crippen molar-refractivity contribution >= 4 is 44.0 Å². The number of halogens is 1. The molecule has 0 spiro atoms. The molecular formula is C21H16ClN3O3S. The van der Waals surface area contributed by atoms with Crippen LogP contribution in [0, 0.1) is 0 Å². The van der Waals surface area contributed by atoms with E-state index in [0.29, 0.717) is 33.2 Å². The third kappa shape index (κ3) is 3.87. The second-order valence-electron chi connectivity index (χ2n) is 6.49. The van der Waals surface area contributed by atoms with Crippen molar-refractivity contribution < 1.29 is 8.42 Å². The number of rotatable bonds is 4. The Morgan fingerprint density at radius 2 is 1.66 bits per heavy atom. The highest BCUT2D eigenvalue weighted by Crippen LogP contribution is 2.23. The van der Waals surface area contributed by atoms with Gasteiger partial charge in [0.05, 0.1) is 21.5 Å². The number of benzene rings is 3. The van der Waals surface area contributed by atoms with E-state index in [-0.39, 0.29) is 10.5 Å². The van der Waals surface area contributed by atoms with Crippen LogP contribution in [0.1, 0.15) is 0 Å². The largest absolute Gasteiger partial charge is 0.325 e. The van der Waals surface area contributed by atoms with E-state index in [1.54, 1.807) is 42.5 Å². The first-order valence-electron chi connectivity index (χ1n) is 8.68. The summed E-state index contributed by atoms with van der Waals surface area (Å²) in [5.74, 6) is 0.308. The molecule has 3 aromatic carbocycles. The minimum atomic E-state index is -3.29. The lowest BCUT2D eigenvalue weighted by Gasteiger charge is -2.15. The van der Waals surface area contributed by atoms with Crippen LogP contribution in [-0.4, -0.2) is 24.2 Å². The molecule has 1 aromatic heterocycles. The van der Waals surface area contributed by atoms with Gasteiger partial charge in [0, 0.05) is 17.0 Å². The van der Waals surface area contributed by atoms with Crippen molar-refractivity contribution in [3.05, 3.63) is 88.2 Å². The van der Waals surface area contributed by atoms with Gasteiger partial charge in [-0.3, -0.25) is 4.79 Å². The molecule has 0 radical (unpaired) electrons. The van der Waals surface area contributed by atoms with Crippen LogP contribution in [0.4, 0.5) is 11.6 Å². The van der Waals surface area contributed by atoms with Crippen molar-refractivity contribution in [2.75, 3.05) is 11.6 Å². The molecule has 0 aliphatic heterocycles. The minimum Gasteiger partial charge on any atom is -0.325 e. The number of aromatic nitrogens is 2. The molecule has 4 rings (SSSR count). The van der Waals surface area contributed by atoms with Gasteiger partial charge in [0.1, 0.15) is 0 Å². The highest BCUT2D eigenvalue weighted by Gasteiger charge is 2.14. The number of nitrogens with one attached hydrogen (secondary N) is 1. The summed E-state index contributed by atoms with van der Waals surface area (Å²) in [6.07, 6.45) is 1.15. The molecule has 1 heterocycles. The first kappa shape index (κ1) is 19.2. The molecule has 8 heteroatoms. The topological polar surface area (TPSA) is 81.1 Å². The van der Waals surface area contributed by atoms with E-state index in [9.17, 15) is 13.2 Å². The molecule has 0 unspecified atom stereocenters. The average Bonchev–Trinajstić information content (AvgIpc) is 2.69. The number of nitrogens with zero attached hydrogens (tertiary/aromatic N) is 2. The van der Waals surface area contributed by atoms with E-state index < -0.39 is 9.84 Å². The SMILES string of the molecule is CS(=O)(=O)c1ccc(Nc2nc3ccc(Cl)cc3c(=O)n2-c2ccccc2)cc1. The summed E-state index contributed by atoms with van der Waals surface area (Å²) in [6.45, 7) is 0. The minimum absolute atomic E-state index is 0.213. The molecular weight excluding hydrogens is 410 g/mol. The second kappa shape index (κ2) is 7.35. The summed E-state index contributed by atoms with van der Waals surface area (Å²) in [4.78, 5) is 18.0. The van der Waals surface area contributed by atoms with Gasteiger partial charge in [-0.25, -0.2) is 18.0 Å². The normalized spacial score (nSPS) is 11.5. The quantitative estimate of drug-likeness (QED) is 0.530. The zero-order valence-electron chi connectivity index (χ0n) is 15.3. The Bertz CT molecular complexity index is 1370. The van der Waals surface area contributed by atoms with E-state index in [1.165, 1.54) is 16.7 Å². The Morgan fingerprint density at radius 1 is 0.966 bits per heavy atom. The Balaban J connectivity index is 1.89. The van der Waals surface area contributed by atoms with Crippen molar-refractivity contribution in [3.63, 3.8) is 0 Å². The highest BCUT2D eigenvalue weighted by molar-refractivity contribution is 7.90. The summed E-state index contributed by atoms with van der Waals surface area (Å²) in [5, 5.41) is 3.98. The van der Waals surface area contributed by atoms with Gasteiger partial charge in [0.15, 0.2) is 9.84 Å². The monoisotopic (exact) mass is 425 g/mol. The van der Waals surface area contributed by atoms with Crippen molar-refractivity contribution in [2.45, 2.75) is 4.90 Å². The number of para-hydroxylation sites is 1. The van der Waals surface area contributed by atoms with Gasteiger partial charge in [-0.1, -0.05) is 29.8 Å². The van der Waals surface area contributed by atoms with Crippen LogP contribution < -0.4 is 10.9 Å². The summed E-state index contributed by atoms with van der Waals surface area (Å²) >= 11 is 6.07. The standard InChI is InChI=1S/C21H16ClN3O3S/c1-29(27,28)17-10-8-15(9-11-17)23-21-24-19-12-7-14(22)13-18(19)20(26)25(21)16-5-3-2-4-6-16/h2-13H,1H3,(H,23,24). The zero-order valence-corrected chi connectivity index (χ0v) is 16.9. The Kier molecular flexibility index (Phi) is 4.86. The maximum absolute atomic E-state index is 13.2. The average molecular weight is 426 g/mol. The van der Waals surface area contributed by atoms with Gasteiger partial charge in [0.25, 0.3) is 5.56 Å². The number of hydrogen-bond acceptors (Lipinski definition) is 5. The molecule has 29 heavy (non-hydrogen) atoms. The van der Waals surface area contributed by atoms with Crippen molar-refractivity contribution in [1.82, 2.24) is 9.55 Å². The van der Waals surface area contributed by atoms with E-state index in [0.717, 1.165) is 6.26 Å². The van der Waals surface area contributed by atoms with Crippen LogP contribution in [0.3, 0.4) is 0 Å². The fraction of sp³-hybridized carbons (Fsp3) is 0.0476. The molecule has 0 fully saturated rings. The summed E-state index contributed by atoms with van der Waals surface area (Å²) in [5.41, 5.74) is 1.48. The third-order valence-corrected chi connectivity index (χ3v) is 5.75. The predicted octanol–water partition coefficient (Wildman–Crippen LogP) is 4.19. The lowest BCUT2D eigenvalue weighted by Crippen LogP contribution is -2.22. The predicted molar refractivity (Wildman–Crippen MR) is 115 cm³/mol. The highest BCUT2D eigenvalue weighted by atomic mass is 35.5. The van der Waals surface area contributed by atoms with Crippen LogP contribution in [0.25, 0.3) is 16.6 Å². The van der Waals surface area contributed by atoms with Crippen molar-refractivity contribution in [3.8, 4) is 5.69 Å². The number of fused-ring (bicyclic) bond motifs is 1. The third-order valence-electron chi connectivity index (χ3n) is 4.38. The Morgan fingerprint density at radius 3 is 2.31 bits per heavy atom. The molecule has 6 nitrogen and oxygen atoms in total. The van der Waals surface area contributed by atoms with Crippen LogP contribution in [0.5, 0.6) is 0 Å². The molecule has 0 saturated heterocycles. The molecule has 0 atom stereocenters. The van der Waals surface area contributed by atoms with Gasteiger partial charge in [-0.15, -0.1) is 0 Å². The molecule has 0 bridgehead atoms. The summed E-state index contributed by atoms with van der Waals surface area (Å²) < 4.78 is 24.8. The van der Waals surface area contributed by atoms with Gasteiger partial charge < -0.3 is 5.32 Å². The lowest BCUT2D eigenvalue weighted by atomic mass is 10.2. The van der Waals surface area contributed by atoms with Crippen molar-refractivity contribution in [1.29, 1.82) is 0 Å². The first-order valence-corrected chi connectivity index (χ1v) is 10.9. The van der Waals surface area contributed by atoms with E-state index in [1.807, 2.05) is 18.2 Å².